The molecule has 0 aliphatic heterocycles. The van der Waals surface area contributed by atoms with Crippen LogP contribution in [0.25, 0.3) is 22.0 Å². The quantitative estimate of drug-likeness (QED) is 0.440. The highest BCUT2D eigenvalue weighted by Crippen LogP contribution is 2.32. The first-order valence-electron chi connectivity index (χ1n) is 9.57. The van der Waals surface area contributed by atoms with Crippen LogP contribution < -0.4 is 10.1 Å². The summed E-state index contributed by atoms with van der Waals surface area (Å²) in [5.74, 6) is -0.297. The maximum atomic E-state index is 12.9. The van der Waals surface area contributed by atoms with E-state index in [-0.39, 0.29) is 12.5 Å². The van der Waals surface area contributed by atoms with Gasteiger partial charge in [0, 0.05) is 18.5 Å². The van der Waals surface area contributed by atoms with Crippen molar-refractivity contribution < 1.29 is 19.1 Å². The Balaban J connectivity index is 1.88. The Kier molecular flexibility index (Phi) is 6.36. The number of hydrogen-bond donors (Lipinski definition) is 1. The lowest BCUT2D eigenvalue weighted by molar-refractivity contribution is -0.139. The average Bonchev–Trinajstić information content (AvgIpc) is 3.08. The Morgan fingerprint density at radius 3 is 2.55 bits per heavy atom. The lowest BCUT2D eigenvalue weighted by Crippen LogP contribution is -2.47. The van der Waals surface area contributed by atoms with E-state index in [4.69, 9.17) is 21.1 Å². The van der Waals surface area contributed by atoms with E-state index in [2.05, 4.69) is 17.0 Å². The molecule has 1 aromatic heterocycles. The van der Waals surface area contributed by atoms with Crippen LogP contribution in [0.4, 0.5) is 0 Å². The fourth-order valence-corrected chi connectivity index (χ4v) is 3.42. The molecule has 162 valence electrons. The number of hydrogen-bond acceptors (Lipinski definition) is 5. The van der Waals surface area contributed by atoms with Gasteiger partial charge in [0.05, 0.1) is 23.2 Å². The monoisotopic (exact) mass is 441 g/mol. The van der Waals surface area contributed by atoms with Crippen molar-refractivity contribution in [2.45, 2.75) is 19.4 Å². The SMILES string of the molecule is C=CC(=O)OCC(C)(C)NC(=O)c1nn(C)c2cc(-c3ccc(OC)c(Cl)c3)ccc12. The van der Waals surface area contributed by atoms with E-state index >= 15 is 0 Å². The third-order valence-corrected chi connectivity index (χ3v) is 5.04. The van der Waals surface area contributed by atoms with Gasteiger partial charge in [-0.05, 0) is 49.2 Å². The molecule has 0 bridgehead atoms. The summed E-state index contributed by atoms with van der Waals surface area (Å²) in [6, 6.07) is 11.3. The van der Waals surface area contributed by atoms with Gasteiger partial charge < -0.3 is 14.8 Å². The summed E-state index contributed by atoms with van der Waals surface area (Å²) >= 11 is 6.26. The van der Waals surface area contributed by atoms with Gasteiger partial charge in [0.15, 0.2) is 5.69 Å². The molecule has 31 heavy (non-hydrogen) atoms. The summed E-state index contributed by atoms with van der Waals surface area (Å²) < 4.78 is 11.9. The van der Waals surface area contributed by atoms with Crippen LogP contribution in [0.5, 0.6) is 5.75 Å². The molecule has 0 saturated carbocycles. The zero-order chi connectivity index (χ0) is 22.8. The second kappa shape index (κ2) is 8.81. The summed E-state index contributed by atoms with van der Waals surface area (Å²) in [6.07, 6.45) is 1.08. The number of nitrogens with one attached hydrogen (secondary N) is 1. The molecule has 1 heterocycles. The normalized spacial score (nSPS) is 11.3. The Labute approximate surface area is 185 Å². The molecule has 0 aliphatic carbocycles. The number of aryl methyl sites for hydroxylation is 1. The van der Waals surface area contributed by atoms with Gasteiger partial charge in [0.1, 0.15) is 12.4 Å². The van der Waals surface area contributed by atoms with E-state index in [0.29, 0.717) is 21.9 Å². The molecule has 0 spiro atoms. The first-order chi connectivity index (χ1) is 14.6. The molecule has 7 nitrogen and oxygen atoms in total. The molecule has 1 amide bonds. The number of nitrogens with zero attached hydrogens (tertiary/aromatic N) is 2. The maximum absolute atomic E-state index is 12.9. The number of benzene rings is 2. The van der Waals surface area contributed by atoms with Crippen LogP contribution in [-0.4, -0.2) is 40.9 Å². The van der Waals surface area contributed by atoms with Crippen molar-refractivity contribution >= 4 is 34.4 Å². The first kappa shape index (κ1) is 22.4. The van der Waals surface area contributed by atoms with Crippen LogP contribution >= 0.6 is 11.6 Å². The largest absolute Gasteiger partial charge is 0.495 e. The topological polar surface area (TPSA) is 82.5 Å². The molecule has 3 rings (SSSR count). The number of amides is 1. The third kappa shape index (κ3) is 4.88. The molecule has 0 aliphatic rings. The molecule has 2 aromatic carbocycles. The number of fused-ring (bicyclic) bond motifs is 1. The molecular weight excluding hydrogens is 418 g/mol. The molecular formula is C23H24ClN3O4. The van der Waals surface area contributed by atoms with Crippen molar-refractivity contribution in [1.29, 1.82) is 0 Å². The molecule has 0 atom stereocenters. The Bertz CT molecular complexity index is 1170. The maximum Gasteiger partial charge on any atom is 0.330 e. The average molecular weight is 442 g/mol. The molecule has 0 fully saturated rings. The number of carbonyl (C=O) groups excluding carboxylic acids is 2. The summed E-state index contributed by atoms with van der Waals surface area (Å²) in [7, 11) is 3.35. The number of ether oxygens (including phenoxy) is 2. The van der Waals surface area contributed by atoms with E-state index in [1.807, 2.05) is 36.4 Å². The molecule has 8 heteroatoms. The Morgan fingerprint density at radius 1 is 1.23 bits per heavy atom. The highest BCUT2D eigenvalue weighted by molar-refractivity contribution is 6.32. The molecule has 0 saturated heterocycles. The van der Waals surface area contributed by atoms with E-state index in [1.54, 1.807) is 32.7 Å². The van der Waals surface area contributed by atoms with Crippen molar-refractivity contribution in [3.8, 4) is 16.9 Å². The smallest absolute Gasteiger partial charge is 0.330 e. The zero-order valence-electron chi connectivity index (χ0n) is 17.9. The molecule has 1 N–H and O–H groups in total. The number of aromatic nitrogens is 2. The van der Waals surface area contributed by atoms with Crippen LogP contribution in [0.2, 0.25) is 5.02 Å². The first-order valence-corrected chi connectivity index (χ1v) is 9.95. The predicted molar refractivity (Wildman–Crippen MR) is 120 cm³/mol. The Hall–Kier alpha value is -3.32. The lowest BCUT2D eigenvalue weighted by atomic mass is 10.0. The minimum absolute atomic E-state index is 0.0107. The van der Waals surface area contributed by atoms with Crippen LogP contribution in [0.3, 0.4) is 0 Å². The van der Waals surface area contributed by atoms with Crippen molar-refractivity contribution in [3.05, 3.63) is 59.8 Å². The molecule has 0 radical (unpaired) electrons. The highest BCUT2D eigenvalue weighted by atomic mass is 35.5. The van der Waals surface area contributed by atoms with Gasteiger partial charge >= 0.3 is 5.97 Å². The minimum Gasteiger partial charge on any atom is -0.495 e. The third-order valence-electron chi connectivity index (χ3n) is 4.75. The van der Waals surface area contributed by atoms with Gasteiger partial charge in [-0.3, -0.25) is 9.48 Å². The van der Waals surface area contributed by atoms with Crippen LogP contribution in [0.1, 0.15) is 24.3 Å². The van der Waals surface area contributed by atoms with Gasteiger partial charge in [0.2, 0.25) is 0 Å². The van der Waals surface area contributed by atoms with E-state index < -0.39 is 11.5 Å². The minimum atomic E-state index is -0.778. The van der Waals surface area contributed by atoms with Gasteiger partial charge in [-0.25, -0.2) is 4.79 Å². The lowest BCUT2D eigenvalue weighted by Gasteiger charge is -2.25. The number of carbonyl (C=O) groups is 2. The Morgan fingerprint density at radius 2 is 1.90 bits per heavy atom. The van der Waals surface area contributed by atoms with Crippen molar-refractivity contribution in [2.24, 2.45) is 7.05 Å². The van der Waals surface area contributed by atoms with Gasteiger partial charge in [0.25, 0.3) is 5.91 Å². The number of halogens is 1. The standard InChI is InChI=1S/C23H24ClN3O4/c1-6-20(28)31-13-23(2,3)25-22(29)21-16-9-7-15(12-18(16)27(4)26-21)14-8-10-19(30-5)17(24)11-14/h6-12H,1,13H2,2-5H3,(H,25,29). The second-order valence-electron chi connectivity index (χ2n) is 7.70. The van der Waals surface area contributed by atoms with Crippen LogP contribution in [-0.2, 0) is 16.6 Å². The van der Waals surface area contributed by atoms with E-state index in [0.717, 1.165) is 22.7 Å². The summed E-state index contributed by atoms with van der Waals surface area (Å²) in [5, 5.41) is 8.49. The highest BCUT2D eigenvalue weighted by Gasteiger charge is 2.26. The van der Waals surface area contributed by atoms with Gasteiger partial charge in [-0.1, -0.05) is 30.3 Å². The van der Waals surface area contributed by atoms with Crippen molar-refractivity contribution in [2.75, 3.05) is 13.7 Å². The fourth-order valence-electron chi connectivity index (χ4n) is 3.16. The number of esters is 1. The predicted octanol–water partition coefficient (Wildman–Crippen LogP) is 4.14. The summed E-state index contributed by atoms with van der Waals surface area (Å²) in [5.41, 5.74) is 2.17. The zero-order valence-corrected chi connectivity index (χ0v) is 18.6. The van der Waals surface area contributed by atoms with Crippen molar-refractivity contribution in [3.63, 3.8) is 0 Å². The van der Waals surface area contributed by atoms with Crippen LogP contribution in [0, 0.1) is 0 Å². The van der Waals surface area contributed by atoms with Crippen LogP contribution in [0.15, 0.2) is 49.1 Å². The van der Waals surface area contributed by atoms with Crippen molar-refractivity contribution in [1.82, 2.24) is 15.1 Å². The van der Waals surface area contributed by atoms with Gasteiger partial charge in [-0.15, -0.1) is 0 Å². The number of methoxy groups -OCH3 is 1. The molecule has 0 unspecified atom stereocenters. The summed E-state index contributed by atoms with van der Waals surface area (Å²) in [6.45, 7) is 6.90. The van der Waals surface area contributed by atoms with Gasteiger partial charge in [-0.2, -0.15) is 5.10 Å². The van der Waals surface area contributed by atoms with E-state index in [9.17, 15) is 9.59 Å². The van der Waals surface area contributed by atoms with E-state index in [1.165, 1.54) is 0 Å². The fraction of sp³-hybridized carbons (Fsp3) is 0.261. The second-order valence-corrected chi connectivity index (χ2v) is 8.11. The summed E-state index contributed by atoms with van der Waals surface area (Å²) in [4.78, 5) is 24.2. The number of rotatable bonds is 7. The molecule has 3 aromatic rings.